The summed E-state index contributed by atoms with van der Waals surface area (Å²) in [5.41, 5.74) is 8.18. The SMILES string of the molecule is COc1ccc(CCN=C(N)NCCc2cnn(C)c2)cc1OC. The third-order valence-electron chi connectivity index (χ3n) is 3.61. The van der Waals surface area contributed by atoms with Crippen LogP contribution in [0.2, 0.25) is 0 Å². The zero-order valence-corrected chi connectivity index (χ0v) is 14.5. The number of guanidine groups is 1. The highest BCUT2D eigenvalue weighted by Crippen LogP contribution is 2.27. The molecule has 7 heteroatoms. The molecule has 1 aromatic heterocycles. The molecule has 0 spiro atoms. The van der Waals surface area contributed by atoms with Crippen molar-refractivity contribution in [1.82, 2.24) is 15.1 Å². The van der Waals surface area contributed by atoms with Gasteiger partial charge in [0.25, 0.3) is 0 Å². The minimum Gasteiger partial charge on any atom is -0.493 e. The molecule has 3 N–H and O–H groups in total. The van der Waals surface area contributed by atoms with Crippen molar-refractivity contribution in [1.29, 1.82) is 0 Å². The summed E-state index contributed by atoms with van der Waals surface area (Å²) in [6.07, 6.45) is 5.49. The minimum absolute atomic E-state index is 0.458. The van der Waals surface area contributed by atoms with E-state index in [1.54, 1.807) is 18.9 Å². The molecule has 0 fully saturated rings. The van der Waals surface area contributed by atoms with Gasteiger partial charge in [-0.25, -0.2) is 0 Å². The number of aromatic nitrogens is 2. The molecule has 130 valence electrons. The lowest BCUT2D eigenvalue weighted by atomic mass is 10.1. The van der Waals surface area contributed by atoms with E-state index in [1.807, 2.05) is 37.6 Å². The van der Waals surface area contributed by atoms with Crippen molar-refractivity contribution in [2.45, 2.75) is 12.8 Å². The Balaban J connectivity index is 1.76. The number of hydrogen-bond acceptors (Lipinski definition) is 4. The largest absolute Gasteiger partial charge is 0.493 e. The van der Waals surface area contributed by atoms with Crippen molar-refractivity contribution in [3.05, 3.63) is 41.7 Å². The second-order valence-electron chi connectivity index (χ2n) is 5.41. The quantitative estimate of drug-likeness (QED) is 0.559. The molecule has 24 heavy (non-hydrogen) atoms. The van der Waals surface area contributed by atoms with E-state index in [-0.39, 0.29) is 0 Å². The van der Waals surface area contributed by atoms with Crippen LogP contribution in [-0.4, -0.2) is 43.0 Å². The second kappa shape index (κ2) is 8.81. The van der Waals surface area contributed by atoms with E-state index in [4.69, 9.17) is 15.2 Å². The molecular formula is C17H25N5O2. The Morgan fingerprint density at radius 3 is 2.67 bits per heavy atom. The lowest BCUT2D eigenvalue weighted by molar-refractivity contribution is 0.354. The molecule has 0 radical (unpaired) electrons. The Morgan fingerprint density at radius 1 is 1.21 bits per heavy atom. The summed E-state index contributed by atoms with van der Waals surface area (Å²) >= 11 is 0. The zero-order valence-electron chi connectivity index (χ0n) is 14.5. The summed E-state index contributed by atoms with van der Waals surface area (Å²) in [4.78, 5) is 4.34. The molecule has 1 aromatic carbocycles. The van der Waals surface area contributed by atoms with E-state index in [1.165, 1.54) is 5.56 Å². The smallest absolute Gasteiger partial charge is 0.188 e. The van der Waals surface area contributed by atoms with Gasteiger partial charge in [0.2, 0.25) is 0 Å². The number of aliphatic imine (C=N–C) groups is 1. The van der Waals surface area contributed by atoms with Gasteiger partial charge in [-0.2, -0.15) is 5.10 Å². The fraction of sp³-hybridized carbons (Fsp3) is 0.412. The fourth-order valence-electron chi connectivity index (χ4n) is 2.33. The molecule has 0 bridgehead atoms. The molecule has 2 aromatic rings. The lowest BCUT2D eigenvalue weighted by Gasteiger charge is -2.09. The van der Waals surface area contributed by atoms with Crippen molar-refractivity contribution in [3.8, 4) is 11.5 Å². The van der Waals surface area contributed by atoms with Crippen molar-refractivity contribution in [2.24, 2.45) is 17.8 Å². The second-order valence-corrected chi connectivity index (χ2v) is 5.41. The Morgan fingerprint density at radius 2 is 2.00 bits per heavy atom. The van der Waals surface area contributed by atoms with Crippen LogP contribution >= 0.6 is 0 Å². The number of methoxy groups -OCH3 is 2. The molecule has 0 aliphatic carbocycles. The summed E-state index contributed by atoms with van der Waals surface area (Å²) in [7, 11) is 5.16. The van der Waals surface area contributed by atoms with Gasteiger partial charge >= 0.3 is 0 Å². The zero-order chi connectivity index (χ0) is 17.4. The highest BCUT2D eigenvalue weighted by molar-refractivity contribution is 5.77. The summed E-state index contributed by atoms with van der Waals surface area (Å²) < 4.78 is 12.3. The predicted molar refractivity (Wildman–Crippen MR) is 94.7 cm³/mol. The molecule has 1 heterocycles. The van der Waals surface area contributed by atoms with Crippen LogP contribution in [0.3, 0.4) is 0 Å². The van der Waals surface area contributed by atoms with Crippen LogP contribution in [0, 0.1) is 0 Å². The van der Waals surface area contributed by atoms with Crippen LogP contribution in [0.5, 0.6) is 11.5 Å². The Labute approximate surface area is 142 Å². The Bertz CT molecular complexity index is 681. The summed E-state index contributed by atoms with van der Waals surface area (Å²) in [6.45, 7) is 1.35. The molecular weight excluding hydrogens is 306 g/mol. The lowest BCUT2D eigenvalue weighted by Crippen LogP contribution is -2.33. The summed E-state index contributed by atoms with van der Waals surface area (Å²) in [6, 6.07) is 5.86. The van der Waals surface area contributed by atoms with Gasteiger partial charge in [-0.15, -0.1) is 0 Å². The van der Waals surface area contributed by atoms with Gasteiger partial charge in [-0.05, 0) is 36.1 Å². The minimum atomic E-state index is 0.458. The normalized spacial score (nSPS) is 11.4. The van der Waals surface area contributed by atoms with Crippen LogP contribution in [0.1, 0.15) is 11.1 Å². The van der Waals surface area contributed by atoms with Crippen LogP contribution in [0.15, 0.2) is 35.6 Å². The van der Waals surface area contributed by atoms with E-state index < -0.39 is 0 Å². The summed E-state index contributed by atoms with van der Waals surface area (Å²) in [5.74, 6) is 1.90. The van der Waals surface area contributed by atoms with Gasteiger partial charge in [0.1, 0.15) is 0 Å². The molecule has 0 aliphatic heterocycles. The standard InChI is InChI=1S/C17H25N5O2/c1-22-12-14(11-21-22)7-9-20-17(18)19-8-6-13-4-5-15(23-2)16(10-13)24-3/h4-5,10-12H,6-9H2,1-3H3,(H3,18,19,20). The molecule has 0 unspecified atom stereocenters. The van der Waals surface area contributed by atoms with Crippen LogP contribution in [0.4, 0.5) is 0 Å². The van der Waals surface area contributed by atoms with Gasteiger partial charge in [0.05, 0.1) is 20.4 Å². The molecule has 2 rings (SSSR count). The van der Waals surface area contributed by atoms with Crippen LogP contribution in [-0.2, 0) is 19.9 Å². The van der Waals surface area contributed by atoms with Crippen molar-refractivity contribution in [2.75, 3.05) is 27.3 Å². The highest BCUT2D eigenvalue weighted by Gasteiger charge is 2.04. The monoisotopic (exact) mass is 331 g/mol. The summed E-state index contributed by atoms with van der Waals surface area (Å²) in [5, 5.41) is 7.25. The molecule has 0 aliphatic rings. The first-order chi connectivity index (χ1) is 11.6. The van der Waals surface area contributed by atoms with Crippen molar-refractivity contribution >= 4 is 5.96 Å². The van der Waals surface area contributed by atoms with Crippen LogP contribution < -0.4 is 20.5 Å². The average molecular weight is 331 g/mol. The number of aryl methyl sites for hydroxylation is 1. The maximum absolute atomic E-state index is 5.88. The number of nitrogens with two attached hydrogens (primary N) is 1. The van der Waals surface area contributed by atoms with Gasteiger partial charge < -0.3 is 20.5 Å². The van der Waals surface area contributed by atoms with Gasteiger partial charge in [0, 0.05) is 26.3 Å². The maximum Gasteiger partial charge on any atom is 0.188 e. The molecule has 0 saturated carbocycles. The van der Waals surface area contributed by atoms with E-state index in [2.05, 4.69) is 15.4 Å². The first-order valence-electron chi connectivity index (χ1n) is 7.84. The Kier molecular flexibility index (Phi) is 6.48. The topological polar surface area (TPSA) is 86.7 Å². The van der Waals surface area contributed by atoms with Gasteiger partial charge in [0.15, 0.2) is 17.5 Å². The Hall–Kier alpha value is -2.70. The number of ether oxygens (including phenoxy) is 2. The fourth-order valence-corrected chi connectivity index (χ4v) is 2.33. The number of nitrogens with one attached hydrogen (secondary N) is 1. The molecule has 0 atom stereocenters. The third kappa shape index (κ3) is 5.19. The first kappa shape index (κ1) is 17.7. The van der Waals surface area contributed by atoms with E-state index in [0.29, 0.717) is 12.5 Å². The molecule has 7 nitrogen and oxygen atoms in total. The first-order valence-corrected chi connectivity index (χ1v) is 7.84. The molecule has 0 saturated heterocycles. The van der Waals surface area contributed by atoms with Crippen molar-refractivity contribution in [3.63, 3.8) is 0 Å². The number of nitrogens with zero attached hydrogens (tertiary/aromatic N) is 3. The maximum atomic E-state index is 5.88. The van der Waals surface area contributed by atoms with E-state index >= 15 is 0 Å². The number of rotatable bonds is 8. The van der Waals surface area contributed by atoms with Crippen LogP contribution in [0.25, 0.3) is 0 Å². The van der Waals surface area contributed by atoms with Gasteiger partial charge in [-0.1, -0.05) is 6.07 Å². The van der Waals surface area contributed by atoms with E-state index in [9.17, 15) is 0 Å². The van der Waals surface area contributed by atoms with E-state index in [0.717, 1.165) is 36.4 Å². The highest BCUT2D eigenvalue weighted by atomic mass is 16.5. The number of benzene rings is 1. The van der Waals surface area contributed by atoms with Crippen molar-refractivity contribution < 1.29 is 9.47 Å². The van der Waals surface area contributed by atoms with Gasteiger partial charge in [-0.3, -0.25) is 9.67 Å². The third-order valence-corrected chi connectivity index (χ3v) is 3.61. The number of hydrogen-bond donors (Lipinski definition) is 2. The average Bonchev–Trinajstić information content (AvgIpc) is 3.00. The predicted octanol–water partition coefficient (Wildman–Crippen LogP) is 1.13. The molecule has 0 amide bonds.